The summed E-state index contributed by atoms with van der Waals surface area (Å²) < 4.78 is 20.5. The van der Waals surface area contributed by atoms with Gasteiger partial charge in [-0.2, -0.15) is 0 Å². The van der Waals surface area contributed by atoms with Gasteiger partial charge in [0, 0.05) is 44.4 Å². The van der Waals surface area contributed by atoms with E-state index in [1.165, 1.54) is 22.9 Å². The van der Waals surface area contributed by atoms with Gasteiger partial charge in [-0.25, -0.2) is 9.18 Å². The first-order chi connectivity index (χ1) is 16.4. The van der Waals surface area contributed by atoms with Crippen LogP contribution in [-0.2, 0) is 13.0 Å². The van der Waals surface area contributed by atoms with Crippen molar-refractivity contribution in [1.82, 2.24) is 25.1 Å². The number of urea groups is 1. The normalized spacial score (nSPS) is 14.7. The average Bonchev–Trinajstić information content (AvgIpc) is 3.24. The molecule has 34 heavy (non-hydrogen) atoms. The van der Waals surface area contributed by atoms with Gasteiger partial charge >= 0.3 is 6.03 Å². The Morgan fingerprint density at radius 2 is 2.03 bits per heavy atom. The number of halogens is 1. The van der Waals surface area contributed by atoms with Crippen molar-refractivity contribution >= 4 is 23.0 Å². The smallest absolute Gasteiger partial charge is 0.317 e. The predicted octanol–water partition coefficient (Wildman–Crippen LogP) is 0.979. The summed E-state index contributed by atoms with van der Waals surface area (Å²) in [4.78, 5) is 43.5. The van der Waals surface area contributed by atoms with Crippen LogP contribution in [0.25, 0.3) is 11.0 Å². The second-order valence-electron chi connectivity index (χ2n) is 8.12. The molecule has 5 rings (SSSR count). The molecular formula is C23H22FN5O5. The molecule has 1 aromatic carbocycles. The van der Waals surface area contributed by atoms with E-state index in [-0.39, 0.29) is 43.6 Å². The molecule has 3 aromatic rings. The second-order valence-corrected chi connectivity index (χ2v) is 8.12. The minimum absolute atomic E-state index is 0.0845. The number of carbonyl (C=O) groups excluding carboxylic acids is 2. The average molecular weight is 467 g/mol. The monoisotopic (exact) mass is 467 g/mol. The van der Waals surface area contributed by atoms with Gasteiger partial charge in [0.05, 0.1) is 6.54 Å². The van der Waals surface area contributed by atoms with E-state index >= 15 is 0 Å². The summed E-state index contributed by atoms with van der Waals surface area (Å²) in [5.74, 6) is -1.20. The van der Waals surface area contributed by atoms with Crippen molar-refractivity contribution in [3.05, 3.63) is 63.3 Å². The fourth-order valence-corrected chi connectivity index (χ4v) is 4.29. The van der Waals surface area contributed by atoms with Gasteiger partial charge in [0.25, 0.3) is 11.5 Å². The Labute approximate surface area is 193 Å². The summed E-state index contributed by atoms with van der Waals surface area (Å²) in [6.45, 7) is 1.89. The topological polar surface area (TPSA) is 126 Å². The molecule has 0 unspecified atom stereocenters. The van der Waals surface area contributed by atoms with Crippen LogP contribution in [0.2, 0.25) is 0 Å². The van der Waals surface area contributed by atoms with Crippen LogP contribution in [0.5, 0.6) is 11.5 Å². The van der Waals surface area contributed by atoms with Crippen LogP contribution in [0.1, 0.15) is 21.5 Å². The number of nitrogens with zero attached hydrogens (tertiary/aromatic N) is 3. The molecule has 0 atom stereocenters. The second kappa shape index (κ2) is 8.65. The van der Waals surface area contributed by atoms with Crippen molar-refractivity contribution in [2.45, 2.75) is 13.0 Å². The Hall–Kier alpha value is -4.15. The number of amides is 3. The van der Waals surface area contributed by atoms with E-state index in [9.17, 15) is 23.9 Å². The van der Waals surface area contributed by atoms with Gasteiger partial charge in [-0.3, -0.25) is 19.1 Å². The third-order valence-corrected chi connectivity index (χ3v) is 5.98. The molecule has 0 radical (unpaired) electrons. The summed E-state index contributed by atoms with van der Waals surface area (Å²) in [6, 6.07) is 5.82. The standard InChI is InChI=1S/C23H22FN5O5/c24-15-3-1-13(2-4-15)11-14-12-27-17-18-20(14)34-10-9-29(18)22(32)16(19(17)30)21(31)25-5-7-28-8-6-26-23(28)33/h1-4,12,30H,5-11H2,(H,25,31)(H,26,33). The number of ether oxygens (including phenoxy) is 1. The quantitative estimate of drug-likeness (QED) is 0.496. The van der Waals surface area contributed by atoms with Crippen LogP contribution in [0.15, 0.2) is 35.3 Å². The summed E-state index contributed by atoms with van der Waals surface area (Å²) in [5, 5.41) is 16.1. The Morgan fingerprint density at radius 3 is 2.76 bits per heavy atom. The Kier molecular flexibility index (Phi) is 5.52. The van der Waals surface area contributed by atoms with E-state index in [0.29, 0.717) is 36.3 Å². The summed E-state index contributed by atoms with van der Waals surface area (Å²) in [5.41, 5.74) is 0.859. The van der Waals surface area contributed by atoms with Gasteiger partial charge in [0.2, 0.25) is 0 Å². The molecule has 2 aliphatic heterocycles. The first-order valence-corrected chi connectivity index (χ1v) is 10.9. The van der Waals surface area contributed by atoms with Gasteiger partial charge in [-0.15, -0.1) is 0 Å². The van der Waals surface area contributed by atoms with Crippen molar-refractivity contribution in [1.29, 1.82) is 0 Å². The van der Waals surface area contributed by atoms with Crippen LogP contribution >= 0.6 is 0 Å². The number of carbonyl (C=O) groups is 2. The maximum atomic E-state index is 13.3. The Bertz CT molecular complexity index is 1350. The van der Waals surface area contributed by atoms with Crippen LogP contribution in [0.3, 0.4) is 0 Å². The molecule has 0 saturated carbocycles. The molecule has 1 fully saturated rings. The molecule has 1 saturated heterocycles. The lowest BCUT2D eigenvalue weighted by atomic mass is 10.0. The van der Waals surface area contributed by atoms with Crippen LogP contribution in [0, 0.1) is 5.82 Å². The zero-order valence-corrected chi connectivity index (χ0v) is 18.1. The molecule has 2 aromatic heterocycles. The van der Waals surface area contributed by atoms with Crippen molar-refractivity contribution in [3.8, 4) is 11.5 Å². The fourth-order valence-electron chi connectivity index (χ4n) is 4.29. The van der Waals surface area contributed by atoms with Gasteiger partial charge < -0.3 is 25.4 Å². The van der Waals surface area contributed by atoms with E-state index in [0.717, 1.165) is 5.56 Å². The maximum absolute atomic E-state index is 13.3. The molecule has 4 heterocycles. The lowest BCUT2D eigenvalue weighted by Crippen LogP contribution is -2.40. The van der Waals surface area contributed by atoms with Gasteiger partial charge in [0.15, 0.2) is 11.5 Å². The van der Waals surface area contributed by atoms with Gasteiger partial charge in [0.1, 0.15) is 29.0 Å². The van der Waals surface area contributed by atoms with Crippen molar-refractivity contribution in [3.63, 3.8) is 0 Å². The molecule has 10 nitrogen and oxygen atoms in total. The number of nitrogens with one attached hydrogen (secondary N) is 2. The highest BCUT2D eigenvalue weighted by Gasteiger charge is 2.28. The molecule has 3 N–H and O–H groups in total. The molecule has 0 aliphatic carbocycles. The highest BCUT2D eigenvalue weighted by atomic mass is 19.1. The Balaban J connectivity index is 1.47. The van der Waals surface area contributed by atoms with E-state index in [2.05, 4.69) is 15.6 Å². The summed E-state index contributed by atoms with van der Waals surface area (Å²) >= 11 is 0. The van der Waals surface area contributed by atoms with Gasteiger partial charge in [-0.1, -0.05) is 12.1 Å². The highest BCUT2D eigenvalue weighted by Crippen LogP contribution is 2.36. The molecule has 2 aliphatic rings. The third kappa shape index (κ3) is 3.78. The minimum atomic E-state index is -0.738. The zero-order chi connectivity index (χ0) is 23.8. The SMILES string of the molecule is O=C(NCCN1CCNC1=O)c1c(O)c2ncc(Cc3ccc(F)cc3)c3c2n(c1=O)CCO3. The Morgan fingerprint density at radius 1 is 1.24 bits per heavy atom. The highest BCUT2D eigenvalue weighted by molar-refractivity contribution is 6.02. The largest absolute Gasteiger partial charge is 0.505 e. The lowest BCUT2D eigenvalue weighted by Gasteiger charge is -2.23. The molecule has 0 bridgehead atoms. The number of benzene rings is 1. The zero-order valence-electron chi connectivity index (χ0n) is 18.1. The lowest BCUT2D eigenvalue weighted by molar-refractivity contribution is 0.0945. The van der Waals surface area contributed by atoms with Crippen molar-refractivity contribution < 1.29 is 23.8 Å². The number of rotatable bonds is 6. The first kappa shape index (κ1) is 21.7. The molecule has 11 heteroatoms. The molecule has 0 spiro atoms. The summed E-state index contributed by atoms with van der Waals surface area (Å²) in [6.07, 6.45) is 1.91. The van der Waals surface area contributed by atoms with Crippen molar-refractivity contribution in [2.75, 3.05) is 32.8 Å². The summed E-state index contributed by atoms with van der Waals surface area (Å²) in [7, 11) is 0. The van der Waals surface area contributed by atoms with E-state index in [1.54, 1.807) is 17.0 Å². The van der Waals surface area contributed by atoms with E-state index < -0.39 is 22.8 Å². The van der Waals surface area contributed by atoms with Gasteiger partial charge in [-0.05, 0) is 17.7 Å². The number of aromatic hydroxyl groups is 1. The molecule has 176 valence electrons. The number of hydrogen-bond acceptors (Lipinski definition) is 6. The minimum Gasteiger partial charge on any atom is -0.505 e. The number of hydrogen-bond donors (Lipinski definition) is 3. The molecule has 3 amide bonds. The van der Waals surface area contributed by atoms with E-state index in [1.807, 2.05) is 0 Å². The van der Waals surface area contributed by atoms with Crippen LogP contribution < -0.4 is 20.9 Å². The number of pyridine rings is 2. The van der Waals surface area contributed by atoms with E-state index in [4.69, 9.17) is 4.74 Å². The fraction of sp³-hybridized carbons (Fsp3) is 0.304. The van der Waals surface area contributed by atoms with Crippen molar-refractivity contribution in [2.24, 2.45) is 0 Å². The molecular weight excluding hydrogens is 445 g/mol. The third-order valence-electron chi connectivity index (χ3n) is 5.98. The van der Waals surface area contributed by atoms with Crippen LogP contribution in [0.4, 0.5) is 9.18 Å². The first-order valence-electron chi connectivity index (χ1n) is 10.9. The number of aromatic nitrogens is 2. The predicted molar refractivity (Wildman–Crippen MR) is 120 cm³/mol. The maximum Gasteiger partial charge on any atom is 0.317 e. The van der Waals surface area contributed by atoms with Crippen LogP contribution in [-0.4, -0.2) is 64.3 Å².